The summed E-state index contributed by atoms with van der Waals surface area (Å²) in [4.78, 5) is 0. The normalized spacial score (nSPS) is 12.6. The van der Waals surface area contributed by atoms with Crippen molar-refractivity contribution >= 4 is 27.5 Å². The van der Waals surface area contributed by atoms with Crippen molar-refractivity contribution in [3.63, 3.8) is 0 Å². The van der Waals surface area contributed by atoms with E-state index in [2.05, 4.69) is 39.3 Å². The number of aromatic nitrogens is 2. The molecule has 1 N–H and O–H groups in total. The fourth-order valence-corrected chi connectivity index (χ4v) is 2.40. The van der Waals surface area contributed by atoms with E-state index < -0.39 is 0 Å². The molecule has 2 rings (SSSR count). The number of hydrogen-bond acceptors (Lipinski definition) is 2. The molecule has 0 aliphatic rings. The summed E-state index contributed by atoms with van der Waals surface area (Å²) >= 11 is 9.60. The minimum atomic E-state index is 0.0757. The lowest BCUT2D eigenvalue weighted by molar-refractivity contribution is 0.575. The van der Waals surface area contributed by atoms with Gasteiger partial charge in [-0.2, -0.15) is 5.10 Å². The summed E-state index contributed by atoms with van der Waals surface area (Å²) in [5.41, 5.74) is 2.13. The first kappa shape index (κ1) is 14.6. The maximum absolute atomic E-state index is 6.18. The van der Waals surface area contributed by atoms with Gasteiger partial charge in [0.25, 0.3) is 0 Å². The van der Waals surface area contributed by atoms with Crippen LogP contribution >= 0.6 is 27.5 Å². The highest BCUT2D eigenvalue weighted by molar-refractivity contribution is 9.10. The highest BCUT2D eigenvalue weighted by Gasteiger charge is 2.16. The zero-order chi connectivity index (χ0) is 13.8. The molecular weight excluding hydrogens is 326 g/mol. The average molecular weight is 343 g/mol. The molecule has 0 saturated carbocycles. The van der Waals surface area contributed by atoms with E-state index in [4.69, 9.17) is 11.6 Å². The topological polar surface area (TPSA) is 29.9 Å². The highest BCUT2D eigenvalue weighted by atomic mass is 79.9. The number of nitrogens with zero attached hydrogens (tertiary/aromatic N) is 2. The second-order valence-corrected chi connectivity index (χ2v) is 5.74. The molecule has 0 radical (unpaired) electrons. The average Bonchev–Trinajstić information content (AvgIpc) is 2.80. The zero-order valence-corrected chi connectivity index (χ0v) is 13.4. The third kappa shape index (κ3) is 3.59. The monoisotopic (exact) mass is 341 g/mol. The van der Waals surface area contributed by atoms with Crippen LogP contribution < -0.4 is 5.32 Å². The summed E-state index contributed by atoms with van der Waals surface area (Å²) in [6.07, 6.45) is 3.03. The van der Waals surface area contributed by atoms with Gasteiger partial charge in [-0.3, -0.25) is 4.68 Å². The lowest BCUT2D eigenvalue weighted by atomic mass is 10.0. The molecule has 5 heteroatoms. The van der Waals surface area contributed by atoms with Crippen molar-refractivity contribution in [1.29, 1.82) is 0 Å². The Morgan fingerprint density at radius 2 is 2.21 bits per heavy atom. The van der Waals surface area contributed by atoms with Crippen molar-refractivity contribution in [2.45, 2.75) is 19.4 Å². The molecule has 1 aromatic heterocycles. The summed E-state index contributed by atoms with van der Waals surface area (Å²) in [7, 11) is 1.93. The third-order valence-electron chi connectivity index (χ3n) is 2.91. The summed E-state index contributed by atoms with van der Waals surface area (Å²) in [6.45, 7) is 3.09. The number of benzene rings is 1. The van der Waals surface area contributed by atoms with Crippen molar-refractivity contribution in [3.05, 3.63) is 51.2 Å². The van der Waals surface area contributed by atoms with Gasteiger partial charge in [0.15, 0.2) is 0 Å². The van der Waals surface area contributed by atoms with Crippen LogP contribution in [0, 0.1) is 0 Å². The molecule has 0 bridgehead atoms. The summed E-state index contributed by atoms with van der Waals surface area (Å²) in [6, 6.07) is 8.13. The van der Waals surface area contributed by atoms with Gasteiger partial charge in [-0.25, -0.2) is 0 Å². The van der Waals surface area contributed by atoms with Gasteiger partial charge in [-0.15, -0.1) is 0 Å². The SMILES string of the molecule is CCCNC(c1ccc(Br)c(Cl)c1)c1ccn(C)n1. The molecule has 0 amide bonds. The van der Waals surface area contributed by atoms with Crippen LogP contribution in [0.25, 0.3) is 0 Å². The minimum Gasteiger partial charge on any atom is -0.305 e. The molecular formula is C14H17BrClN3. The number of rotatable bonds is 5. The maximum Gasteiger partial charge on any atom is 0.0839 e. The fourth-order valence-electron chi connectivity index (χ4n) is 1.96. The second-order valence-electron chi connectivity index (χ2n) is 4.47. The molecule has 0 spiro atoms. The Kier molecular flexibility index (Phi) is 5.02. The van der Waals surface area contributed by atoms with Crippen LogP contribution in [-0.4, -0.2) is 16.3 Å². The second kappa shape index (κ2) is 6.55. The molecule has 1 aromatic carbocycles. The lowest BCUT2D eigenvalue weighted by Gasteiger charge is -2.17. The molecule has 19 heavy (non-hydrogen) atoms. The molecule has 2 aromatic rings. The van der Waals surface area contributed by atoms with Crippen LogP contribution in [0.15, 0.2) is 34.9 Å². The van der Waals surface area contributed by atoms with Crippen LogP contribution in [0.5, 0.6) is 0 Å². The van der Waals surface area contributed by atoms with E-state index in [1.807, 2.05) is 36.1 Å². The summed E-state index contributed by atoms with van der Waals surface area (Å²) < 4.78 is 2.73. The van der Waals surface area contributed by atoms with Gasteiger partial charge < -0.3 is 5.32 Å². The van der Waals surface area contributed by atoms with Crippen molar-refractivity contribution in [3.8, 4) is 0 Å². The van der Waals surface area contributed by atoms with Gasteiger partial charge in [0, 0.05) is 17.7 Å². The quantitative estimate of drug-likeness (QED) is 0.892. The van der Waals surface area contributed by atoms with Gasteiger partial charge in [0.1, 0.15) is 0 Å². The van der Waals surface area contributed by atoms with Crippen molar-refractivity contribution in [1.82, 2.24) is 15.1 Å². The number of aryl methyl sites for hydroxylation is 1. The van der Waals surface area contributed by atoms with E-state index in [9.17, 15) is 0 Å². The van der Waals surface area contributed by atoms with E-state index in [0.29, 0.717) is 0 Å². The van der Waals surface area contributed by atoms with E-state index in [1.54, 1.807) is 0 Å². The van der Waals surface area contributed by atoms with Crippen LogP contribution in [0.4, 0.5) is 0 Å². The van der Waals surface area contributed by atoms with E-state index in [0.717, 1.165) is 33.7 Å². The Bertz CT molecular complexity index is 553. The van der Waals surface area contributed by atoms with Crippen LogP contribution in [0.2, 0.25) is 5.02 Å². The lowest BCUT2D eigenvalue weighted by Crippen LogP contribution is -2.23. The first-order valence-corrected chi connectivity index (χ1v) is 7.46. The number of nitrogens with one attached hydrogen (secondary N) is 1. The molecule has 1 heterocycles. The summed E-state index contributed by atoms with van der Waals surface area (Å²) in [5, 5.41) is 8.72. The Labute approximate surface area is 127 Å². The van der Waals surface area contributed by atoms with Gasteiger partial charge in [-0.05, 0) is 52.7 Å². The molecule has 0 aliphatic carbocycles. The molecule has 1 unspecified atom stereocenters. The van der Waals surface area contributed by atoms with Crippen LogP contribution in [0.3, 0.4) is 0 Å². The van der Waals surface area contributed by atoms with Crippen LogP contribution in [-0.2, 0) is 7.05 Å². The van der Waals surface area contributed by atoms with Gasteiger partial charge in [0.2, 0.25) is 0 Å². The molecule has 0 saturated heterocycles. The predicted molar refractivity (Wildman–Crippen MR) is 82.5 cm³/mol. The summed E-state index contributed by atoms with van der Waals surface area (Å²) in [5.74, 6) is 0. The third-order valence-corrected chi connectivity index (χ3v) is 4.14. The van der Waals surface area contributed by atoms with Crippen LogP contribution in [0.1, 0.15) is 30.6 Å². The van der Waals surface area contributed by atoms with Crippen molar-refractivity contribution < 1.29 is 0 Å². The standard InChI is InChI=1S/C14H17BrClN3/c1-3-7-17-14(13-6-8-19(2)18-13)10-4-5-11(15)12(16)9-10/h4-6,8-9,14,17H,3,7H2,1-2H3. The maximum atomic E-state index is 6.18. The fraction of sp³-hybridized carbons (Fsp3) is 0.357. The number of halogens is 2. The van der Waals surface area contributed by atoms with E-state index in [-0.39, 0.29) is 6.04 Å². The smallest absolute Gasteiger partial charge is 0.0839 e. The minimum absolute atomic E-state index is 0.0757. The number of hydrogen-bond donors (Lipinski definition) is 1. The van der Waals surface area contributed by atoms with Gasteiger partial charge >= 0.3 is 0 Å². The largest absolute Gasteiger partial charge is 0.305 e. The molecule has 3 nitrogen and oxygen atoms in total. The Balaban J connectivity index is 2.33. The molecule has 0 aliphatic heterocycles. The zero-order valence-electron chi connectivity index (χ0n) is 11.0. The van der Waals surface area contributed by atoms with Crippen molar-refractivity contribution in [2.75, 3.05) is 6.54 Å². The van der Waals surface area contributed by atoms with E-state index >= 15 is 0 Å². The highest BCUT2D eigenvalue weighted by Crippen LogP contribution is 2.28. The van der Waals surface area contributed by atoms with E-state index in [1.165, 1.54) is 0 Å². The first-order valence-electron chi connectivity index (χ1n) is 6.29. The van der Waals surface area contributed by atoms with Gasteiger partial charge in [-0.1, -0.05) is 24.6 Å². The Morgan fingerprint density at radius 1 is 1.42 bits per heavy atom. The molecule has 0 fully saturated rings. The Hall–Kier alpha value is -0.840. The van der Waals surface area contributed by atoms with Crippen molar-refractivity contribution in [2.24, 2.45) is 7.05 Å². The predicted octanol–water partition coefficient (Wildman–Crippen LogP) is 3.93. The molecule has 1 atom stereocenters. The Morgan fingerprint density at radius 3 is 2.79 bits per heavy atom. The molecule has 102 valence electrons. The first-order chi connectivity index (χ1) is 9.11. The van der Waals surface area contributed by atoms with Gasteiger partial charge in [0.05, 0.1) is 16.8 Å².